The number of carbonyl (C=O) groups excluding carboxylic acids is 1. The maximum absolute atomic E-state index is 12.3. The number of hydrogen-bond donors (Lipinski definition) is 1. The van der Waals surface area contributed by atoms with Gasteiger partial charge in [0, 0.05) is 35.8 Å². The average molecular weight is 353 g/mol. The van der Waals surface area contributed by atoms with Crippen LogP contribution in [0.15, 0.2) is 60.9 Å². The number of amides is 1. The molecule has 25 heavy (non-hydrogen) atoms. The molecule has 1 amide bonds. The van der Waals surface area contributed by atoms with Crippen LogP contribution < -0.4 is 10.2 Å². The van der Waals surface area contributed by atoms with Gasteiger partial charge in [0.25, 0.3) is 5.91 Å². The molecule has 0 radical (unpaired) electrons. The fraction of sp³-hybridized carbons (Fsp3) is 0.105. The van der Waals surface area contributed by atoms with Gasteiger partial charge in [0.2, 0.25) is 5.95 Å². The molecular weight excluding hydrogens is 336 g/mol. The van der Waals surface area contributed by atoms with Crippen molar-refractivity contribution in [2.75, 3.05) is 17.3 Å². The van der Waals surface area contributed by atoms with Gasteiger partial charge < -0.3 is 10.2 Å². The van der Waals surface area contributed by atoms with E-state index in [2.05, 4.69) is 15.3 Å². The van der Waals surface area contributed by atoms with Gasteiger partial charge in [-0.05, 0) is 36.8 Å². The van der Waals surface area contributed by atoms with Crippen molar-refractivity contribution in [3.8, 4) is 0 Å². The SMILES string of the molecule is Cc1ccc(NC(=O)c2cnc(N(C)c3ccccc3)nc2)cc1Cl. The number of hydrogen-bond acceptors (Lipinski definition) is 4. The highest BCUT2D eigenvalue weighted by atomic mass is 35.5. The van der Waals surface area contributed by atoms with Crippen molar-refractivity contribution < 1.29 is 4.79 Å². The molecule has 126 valence electrons. The van der Waals surface area contributed by atoms with E-state index in [1.807, 2.05) is 55.3 Å². The summed E-state index contributed by atoms with van der Waals surface area (Å²) in [5.41, 5.74) is 2.93. The summed E-state index contributed by atoms with van der Waals surface area (Å²) in [5, 5.41) is 3.40. The number of aryl methyl sites for hydroxylation is 1. The van der Waals surface area contributed by atoms with Gasteiger partial charge in [-0.2, -0.15) is 0 Å². The summed E-state index contributed by atoms with van der Waals surface area (Å²) in [6.07, 6.45) is 3.01. The molecule has 3 rings (SSSR count). The van der Waals surface area contributed by atoms with E-state index in [4.69, 9.17) is 11.6 Å². The number of halogens is 1. The number of benzene rings is 2. The smallest absolute Gasteiger partial charge is 0.258 e. The third kappa shape index (κ3) is 3.95. The van der Waals surface area contributed by atoms with Crippen LogP contribution in [0.25, 0.3) is 0 Å². The maximum atomic E-state index is 12.3. The minimum absolute atomic E-state index is 0.283. The average Bonchev–Trinajstić information content (AvgIpc) is 2.65. The molecule has 5 nitrogen and oxygen atoms in total. The van der Waals surface area contributed by atoms with E-state index in [0.717, 1.165) is 11.3 Å². The van der Waals surface area contributed by atoms with Gasteiger partial charge in [-0.1, -0.05) is 35.9 Å². The third-order valence-electron chi connectivity index (χ3n) is 3.77. The van der Waals surface area contributed by atoms with Gasteiger partial charge in [0.1, 0.15) is 0 Å². The summed E-state index contributed by atoms with van der Waals surface area (Å²) in [6, 6.07) is 15.1. The maximum Gasteiger partial charge on any atom is 0.258 e. The lowest BCUT2D eigenvalue weighted by Gasteiger charge is -2.16. The second kappa shape index (κ2) is 7.32. The molecule has 1 aromatic heterocycles. The molecule has 6 heteroatoms. The van der Waals surface area contributed by atoms with Gasteiger partial charge >= 0.3 is 0 Å². The number of carbonyl (C=O) groups is 1. The van der Waals surface area contributed by atoms with Gasteiger partial charge in [0.05, 0.1) is 5.56 Å². The van der Waals surface area contributed by atoms with Crippen LogP contribution in [0.5, 0.6) is 0 Å². The Hall–Kier alpha value is -2.92. The largest absolute Gasteiger partial charge is 0.322 e. The second-order valence-electron chi connectivity index (χ2n) is 5.58. The first-order valence-electron chi connectivity index (χ1n) is 7.73. The number of rotatable bonds is 4. The second-order valence-corrected chi connectivity index (χ2v) is 5.99. The zero-order valence-corrected chi connectivity index (χ0v) is 14.7. The Morgan fingerprint density at radius 1 is 1.08 bits per heavy atom. The van der Waals surface area contributed by atoms with Crippen LogP contribution >= 0.6 is 11.6 Å². The summed E-state index contributed by atoms with van der Waals surface area (Å²) >= 11 is 6.08. The standard InChI is InChI=1S/C19H17ClN4O/c1-13-8-9-15(10-17(13)20)23-18(25)14-11-21-19(22-12-14)24(2)16-6-4-3-5-7-16/h3-12H,1-2H3,(H,23,25). The van der Waals surface area contributed by atoms with E-state index in [0.29, 0.717) is 22.2 Å². The van der Waals surface area contributed by atoms with E-state index >= 15 is 0 Å². The molecule has 0 atom stereocenters. The molecule has 0 fully saturated rings. The van der Waals surface area contributed by atoms with E-state index < -0.39 is 0 Å². The first kappa shape index (κ1) is 16.9. The number of para-hydroxylation sites is 1. The first-order chi connectivity index (χ1) is 12.0. The van der Waals surface area contributed by atoms with Gasteiger partial charge in [-0.25, -0.2) is 9.97 Å². The zero-order chi connectivity index (χ0) is 17.8. The molecule has 1 heterocycles. The lowest BCUT2D eigenvalue weighted by Crippen LogP contribution is -2.16. The van der Waals surface area contributed by atoms with Crippen molar-refractivity contribution in [3.63, 3.8) is 0 Å². The Bertz CT molecular complexity index is 882. The third-order valence-corrected chi connectivity index (χ3v) is 4.18. The zero-order valence-electron chi connectivity index (χ0n) is 13.9. The van der Waals surface area contributed by atoms with Crippen LogP contribution in [0.1, 0.15) is 15.9 Å². The Morgan fingerprint density at radius 2 is 1.76 bits per heavy atom. The minimum Gasteiger partial charge on any atom is -0.322 e. The Balaban J connectivity index is 1.73. The van der Waals surface area contributed by atoms with E-state index in [1.54, 1.807) is 12.1 Å². The topological polar surface area (TPSA) is 58.1 Å². The van der Waals surface area contributed by atoms with E-state index in [-0.39, 0.29) is 5.91 Å². The van der Waals surface area contributed by atoms with Crippen LogP contribution in [0.2, 0.25) is 5.02 Å². The van der Waals surface area contributed by atoms with Crippen molar-refractivity contribution in [1.82, 2.24) is 9.97 Å². The minimum atomic E-state index is -0.283. The number of nitrogens with one attached hydrogen (secondary N) is 1. The molecule has 0 saturated heterocycles. The van der Waals surface area contributed by atoms with E-state index in [9.17, 15) is 4.79 Å². The van der Waals surface area contributed by atoms with Crippen molar-refractivity contribution >= 4 is 34.8 Å². The number of anilines is 3. The molecular formula is C19H17ClN4O. The lowest BCUT2D eigenvalue weighted by atomic mass is 10.2. The normalized spacial score (nSPS) is 10.4. The van der Waals surface area contributed by atoms with Crippen LogP contribution in [-0.2, 0) is 0 Å². The molecule has 0 aliphatic rings. The Morgan fingerprint density at radius 3 is 2.40 bits per heavy atom. The summed E-state index contributed by atoms with van der Waals surface area (Å²) in [5.74, 6) is 0.231. The van der Waals surface area contributed by atoms with Crippen LogP contribution in [0.3, 0.4) is 0 Å². The molecule has 0 aliphatic carbocycles. The molecule has 0 saturated carbocycles. The fourth-order valence-corrected chi connectivity index (χ4v) is 2.43. The first-order valence-corrected chi connectivity index (χ1v) is 8.11. The summed E-state index contributed by atoms with van der Waals surface area (Å²) < 4.78 is 0. The highest BCUT2D eigenvalue weighted by molar-refractivity contribution is 6.31. The Labute approximate surface area is 151 Å². The van der Waals surface area contributed by atoms with Crippen molar-refractivity contribution in [3.05, 3.63) is 77.1 Å². The summed E-state index contributed by atoms with van der Waals surface area (Å²) in [7, 11) is 1.87. The molecule has 0 aliphatic heterocycles. The van der Waals surface area contributed by atoms with Gasteiger partial charge in [-0.3, -0.25) is 4.79 Å². The molecule has 1 N–H and O–H groups in total. The van der Waals surface area contributed by atoms with Crippen molar-refractivity contribution in [2.24, 2.45) is 0 Å². The molecule has 2 aromatic carbocycles. The summed E-state index contributed by atoms with van der Waals surface area (Å²) in [4.78, 5) is 22.7. The number of aromatic nitrogens is 2. The van der Waals surface area contributed by atoms with Gasteiger partial charge in [0.15, 0.2) is 0 Å². The lowest BCUT2D eigenvalue weighted by molar-refractivity contribution is 0.102. The van der Waals surface area contributed by atoms with Crippen molar-refractivity contribution in [2.45, 2.75) is 6.92 Å². The highest BCUT2D eigenvalue weighted by Gasteiger charge is 2.11. The van der Waals surface area contributed by atoms with Crippen LogP contribution in [0.4, 0.5) is 17.3 Å². The van der Waals surface area contributed by atoms with Crippen LogP contribution in [0, 0.1) is 6.92 Å². The molecule has 0 bridgehead atoms. The quantitative estimate of drug-likeness (QED) is 0.753. The molecule has 0 spiro atoms. The molecule has 0 unspecified atom stereocenters. The molecule has 3 aromatic rings. The predicted octanol–water partition coefficient (Wildman–Crippen LogP) is 4.46. The van der Waals surface area contributed by atoms with Crippen molar-refractivity contribution in [1.29, 1.82) is 0 Å². The summed E-state index contributed by atoms with van der Waals surface area (Å²) in [6.45, 7) is 1.91. The fourth-order valence-electron chi connectivity index (χ4n) is 2.25. The monoisotopic (exact) mass is 352 g/mol. The number of nitrogens with zero attached hydrogens (tertiary/aromatic N) is 3. The Kier molecular flexibility index (Phi) is 4.95. The predicted molar refractivity (Wildman–Crippen MR) is 101 cm³/mol. The van der Waals surface area contributed by atoms with E-state index in [1.165, 1.54) is 12.4 Å². The van der Waals surface area contributed by atoms with Gasteiger partial charge in [-0.15, -0.1) is 0 Å². The van der Waals surface area contributed by atoms with Crippen LogP contribution in [-0.4, -0.2) is 22.9 Å². The highest BCUT2D eigenvalue weighted by Crippen LogP contribution is 2.21.